The van der Waals surface area contributed by atoms with E-state index in [-0.39, 0.29) is 0 Å². The fraction of sp³-hybridized carbons (Fsp3) is 0.591. The monoisotopic (exact) mass is 327 g/mol. The Morgan fingerprint density at radius 1 is 0.917 bits per heavy atom. The zero-order chi connectivity index (χ0) is 17.5. The van der Waals surface area contributed by atoms with E-state index >= 15 is 0 Å². The van der Waals surface area contributed by atoms with Gasteiger partial charge >= 0.3 is 0 Å². The Labute approximate surface area is 148 Å². The zero-order valence-corrected chi connectivity index (χ0v) is 16.3. The highest BCUT2D eigenvalue weighted by Gasteiger charge is 2.19. The molecule has 0 aliphatic carbocycles. The van der Waals surface area contributed by atoms with Gasteiger partial charge in [-0.15, -0.1) is 0 Å². The molecule has 0 aliphatic heterocycles. The van der Waals surface area contributed by atoms with Crippen molar-refractivity contribution in [1.82, 2.24) is 4.57 Å². The smallest absolute Gasteiger partial charge is 0.236 e. The summed E-state index contributed by atoms with van der Waals surface area (Å²) < 4.78 is 4.67. The fourth-order valence-corrected chi connectivity index (χ4v) is 3.37. The van der Waals surface area contributed by atoms with E-state index in [0.717, 1.165) is 6.54 Å². The average molecular weight is 328 g/mol. The summed E-state index contributed by atoms with van der Waals surface area (Å²) in [5.41, 5.74) is 4.26. The largest absolute Gasteiger partial charge is 0.248 e. The third-order valence-corrected chi connectivity index (χ3v) is 4.81. The molecule has 0 bridgehead atoms. The molecule has 0 N–H and O–H groups in total. The van der Waals surface area contributed by atoms with E-state index < -0.39 is 0 Å². The average Bonchev–Trinajstić information content (AvgIpc) is 3.02. The lowest BCUT2D eigenvalue weighted by Crippen LogP contribution is -2.30. The number of hydrogen-bond acceptors (Lipinski definition) is 0. The molecule has 0 unspecified atom stereocenters. The van der Waals surface area contributed by atoms with Gasteiger partial charge in [-0.05, 0) is 24.7 Å². The molecule has 0 spiro atoms. The van der Waals surface area contributed by atoms with Gasteiger partial charge in [0.05, 0.1) is 6.54 Å². The van der Waals surface area contributed by atoms with Crippen molar-refractivity contribution in [3.05, 3.63) is 48.0 Å². The third kappa shape index (κ3) is 4.72. The van der Waals surface area contributed by atoms with Crippen LogP contribution in [0, 0.1) is 0 Å². The van der Waals surface area contributed by atoms with Gasteiger partial charge in [-0.2, -0.15) is 0 Å². The molecule has 0 amide bonds. The summed E-state index contributed by atoms with van der Waals surface area (Å²) in [6.07, 6.45) is 13.4. The minimum absolute atomic E-state index is 0.531. The molecule has 0 aliphatic rings. The number of rotatable bonds is 9. The van der Waals surface area contributed by atoms with Gasteiger partial charge in [0.1, 0.15) is 18.1 Å². The van der Waals surface area contributed by atoms with Crippen LogP contribution >= 0.6 is 0 Å². The standard InChI is InChI=1S/C22H35N2/c1-6-7-8-9-10-14-23-15-16-24(17-23)22-20(18(2)3)12-11-13-21(22)19(4)5/h11-13,15-19H,6-10,14H2,1-5H3/q+1. The maximum absolute atomic E-state index is 2.34. The number of aryl methyl sites for hydroxylation is 1. The first-order valence-corrected chi connectivity index (χ1v) is 9.74. The van der Waals surface area contributed by atoms with E-state index in [9.17, 15) is 0 Å². The normalized spacial score (nSPS) is 11.6. The topological polar surface area (TPSA) is 8.81 Å². The first-order valence-electron chi connectivity index (χ1n) is 9.74. The minimum atomic E-state index is 0.531. The van der Waals surface area contributed by atoms with Gasteiger partial charge in [-0.25, -0.2) is 9.13 Å². The second kappa shape index (κ2) is 9.05. The number of unbranched alkanes of at least 4 members (excludes halogenated alkanes) is 4. The van der Waals surface area contributed by atoms with Gasteiger partial charge in [0, 0.05) is 11.1 Å². The van der Waals surface area contributed by atoms with Gasteiger partial charge < -0.3 is 0 Å². The summed E-state index contributed by atoms with van der Waals surface area (Å²) in [6.45, 7) is 12.5. The van der Waals surface area contributed by atoms with Crippen LogP contribution in [-0.2, 0) is 6.54 Å². The predicted molar refractivity (Wildman–Crippen MR) is 103 cm³/mol. The molecule has 0 radical (unpaired) electrons. The highest BCUT2D eigenvalue weighted by molar-refractivity contribution is 5.50. The number of para-hydroxylation sites is 1. The molecule has 0 saturated heterocycles. The van der Waals surface area contributed by atoms with Crippen LogP contribution in [0.15, 0.2) is 36.9 Å². The lowest BCUT2D eigenvalue weighted by atomic mass is 9.92. The summed E-state index contributed by atoms with van der Waals surface area (Å²) >= 11 is 0. The van der Waals surface area contributed by atoms with E-state index in [2.05, 4.69) is 80.7 Å². The summed E-state index contributed by atoms with van der Waals surface area (Å²) in [5.74, 6) is 1.06. The number of imidazole rings is 1. The summed E-state index contributed by atoms with van der Waals surface area (Å²) in [4.78, 5) is 0. The molecule has 132 valence electrons. The summed E-state index contributed by atoms with van der Waals surface area (Å²) in [7, 11) is 0. The lowest BCUT2D eigenvalue weighted by Gasteiger charge is -2.16. The van der Waals surface area contributed by atoms with Crippen molar-refractivity contribution < 1.29 is 4.57 Å². The highest BCUT2D eigenvalue weighted by Crippen LogP contribution is 2.30. The highest BCUT2D eigenvalue weighted by atomic mass is 15.1. The van der Waals surface area contributed by atoms with E-state index in [1.807, 2.05) is 0 Å². The number of nitrogens with zero attached hydrogens (tertiary/aromatic N) is 2. The van der Waals surface area contributed by atoms with Crippen molar-refractivity contribution in [3.63, 3.8) is 0 Å². The predicted octanol–water partition coefficient (Wildman–Crippen LogP) is 5.98. The number of benzene rings is 1. The van der Waals surface area contributed by atoms with Gasteiger partial charge in [0.2, 0.25) is 6.33 Å². The molecule has 2 nitrogen and oxygen atoms in total. The molecule has 1 heterocycles. The Hall–Kier alpha value is -1.57. The molecule has 1 aromatic carbocycles. The fourth-order valence-electron chi connectivity index (χ4n) is 3.37. The van der Waals surface area contributed by atoms with E-state index in [0.29, 0.717) is 11.8 Å². The number of aromatic nitrogens is 2. The lowest BCUT2D eigenvalue weighted by molar-refractivity contribution is -0.696. The summed E-state index contributed by atoms with van der Waals surface area (Å²) in [5, 5.41) is 0. The second-order valence-corrected chi connectivity index (χ2v) is 7.57. The van der Waals surface area contributed by atoms with Crippen molar-refractivity contribution >= 4 is 0 Å². The Balaban J connectivity index is 2.19. The van der Waals surface area contributed by atoms with Gasteiger partial charge in [0.15, 0.2) is 0 Å². The van der Waals surface area contributed by atoms with Crippen molar-refractivity contribution in [3.8, 4) is 5.69 Å². The molecular weight excluding hydrogens is 292 g/mol. The van der Waals surface area contributed by atoms with Crippen molar-refractivity contribution in [2.75, 3.05) is 0 Å². The first-order chi connectivity index (χ1) is 11.5. The zero-order valence-electron chi connectivity index (χ0n) is 16.3. The third-order valence-electron chi connectivity index (χ3n) is 4.81. The van der Waals surface area contributed by atoms with Gasteiger partial charge in [0.25, 0.3) is 0 Å². The first kappa shape index (κ1) is 18.8. The van der Waals surface area contributed by atoms with Gasteiger partial charge in [-0.3, -0.25) is 0 Å². The maximum Gasteiger partial charge on any atom is 0.248 e. The Bertz CT molecular complexity index is 596. The molecule has 2 heteroatoms. The minimum Gasteiger partial charge on any atom is -0.236 e. The molecular formula is C22H35N2+. The van der Waals surface area contributed by atoms with Crippen LogP contribution in [0.4, 0.5) is 0 Å². The van der Waals surface area contributed by atoms with Crippen LogP contribution in [-0.4, -0.2) is 4.57 Å². The number of hydrogen-bond donors (Lipinski definition) is 0. The molecule has 24 heavy (non-hydrogen) atoms. The molecule has 0 fully saturated rings. The van der Waals surface area contributed by atoms with Crippen LogP contribution in [0.1, 0.15) is 89.7 Å². The van der Waals surface area contributed by atoms with E-state index in [4.69, 9.17) is 0 Å². The molecule has 1 aromatic heterocycles. The summed E-state index contributed by atoms with van der Waals surface area (Å²) in [6, 6.07) is 6.77. The molecule has 0 saturated carbocycles. The van der Waals surface area contributed by atoms with Crippen LogP contribution in [0.2, 0.25) is 0 Å². The van der Waals surface area contributed by atoms with Crippen LogP contribution in [0.3, 0.4) is 0 Å². The Kier molecular flexibility index (Phi) is 7.08. The van der Waals surface area contributed by atoms with Crippen molar-refractivity contribution in [1.29, 1.82) is 0 Å². The maximum atomic E-state index is 2.34. The van der Waals surface area contributed by atoms with E-state index in [1.54, 1.807) is 0 Å². The molecule has 2 rings (SSSR count). The Morgan fingerprint density at radius 2 is 1.54 bits per heavy atom. The van der Waals surface area contributed by atoms with Crippen molar-refractivity contribution in [2.24, 2.45) is 0 Å². The van der Waals surface area contributed by atoms with Gasteiger partial charge in [-0.1, -0.05) is 72.1 Å². The quantitative estimate of drug-likeness (QED) is 0.395. The Morgan fingerprint density at radius 3 is 2.12 bits per heavy atom. The van der Waals surface area contributed by atoms with Crippen molar-refractivity contribution in [2.45, 2.75) is 85.1 Å². The van der Waals surface area contributed by atoms with Crippen LogP contribution in [0.25, 0.3) is 5.69 Å². The van der Waals surface area contributed by atoms with Crippen LogP contribution < -0.4 is 4.57 Å². The van der Waals surface area contributed by atoms with E-state index in [1.165, 1.54) is 48.9 Å². The molecule has 0 atom stereocenters. The van der Waals surface area contributed by atoms with Crippen LogP contribution in [0.5, 0.6) is 0 Å². The molecule has 2 aromatic rings. The SMILES string of the molecule is CCCCCCC[n+]1ccn(-c2c(C(C)C)cccc2C(C)C)c1. The second-order valence-electron chi connectivity index (χ2n) is 7.57.